The van der Waals surface area contributed by atoms with Gasteiger partial charge in [0, 0.05) is 37.8 Å². The van der Waals surface area contributed by atoms with Crippen LogP contribution in [0.3, 0.4) is 0 Å². The molecule has 116 valence electrons. The van der Waals surface area contributed by atoms with E-state index in [9.17, 15) is 9.90 Å². The third-order valence-corrected chi connectivity index (χ3v) is 4.00. The quantitative estimate of drug-likeness (QED) is 0.926. The standard InChI is InChI=1S/C16H24N2O3/c1-16(2,3)18-9-7-17(8-10-18)14-11-12(21-4)5-6-13(14)15(19)20/h5-6,11H,7-10H2,1-4H3,(H,19,20). The fourth-order valence-electron chi connectivity index (χ4n) is 2.70. The van der Waals surface area contributed by atoms with E-state index in [0.29, 0.717) is 11.3 Å². The van der Waals surface area contributed by atoms with Gasteiger partial charge in [-0.3, -0.25) is 4.90 Å². The average molecular weight is 292 g/mol. The zero-order valence-corrected chi connectivity index (χ0v) is 13.2. The molecule has 0 aliphatic carbocycles. The van der Waals surface area contributed by atoms with Crippen molar-refractivity contribution in [3.8, 4) is 5.75 Å². The molecule has 21 heavy (non-hydrogen) atoms. The summed E-state index contributed by atoms with van der Waals surface area (Å²) in [5.74, 6) is -0.209. The Morgan fingerprint density at radius 2 is 1.81 bits per heavy atom. The molecule has 0 atom stereocenters. The predicted octanol–water partition coefficient (Wildman–Crippen LogP) is 2.31. The number of rotatable bonds is 3. The molecule has 0 spiro atoms. The molecule has 0 amide bonds. The lowest BCUT2D eigenvalue weighted by Gasteiger charge is -2.43. The molecule has 0 radical (unpaired) electrons. The SMILES string of the molecule is COc1ccc(C(=O)O)c(N2CCN(C(C)(C)C)CC2)c1. The third kappa shape index (κ3) is 3.47. The van der Waals surface area contributed by atoms with E-state index in [-0.39, 0.29) is 5.54 Å². The maximum absolute atomic E-state index is 11.4. The van der Waals surface area contributed by atoms with E-state index in [1.165, 1.54) is 0 Å². The Bertz CT molecular complexity index is 515. The Morgan fingerprint density at radius 1 is 1.19 bits per heavy atom. The first-order valence-electron chi connectivity index (χ1n) is 7.24. The topological polar surface area (TPSA) is 53.0 Å². The van der Waals surface area contributed by atoms with Crippen LogP contribution in [0.4, 0.5) is 5.69 Å². The van der Waals surface area contributed by atoms with E-state index in [2.05, 4.69) is 30.6 Å². The van der Waals surface area contributed by atoms with E-state index in [1.807, 2.05) is 6.07 Å². The number of hydrogen-bond donors (Lipinski definition) is 1. The number of carbonyl (C=O) groups is 1. The average Bonchev–Trinajstić information content (AvgIpc) is 2.45. The number of carboxylic acid groups (broad SMARTS) is 1. The molecule has 1 N–H and O–H groups in total. The van der Waals surface area contributed by atoms with Gasteiger partial charge in [0.1, 0.15) is 5.75 Å². The summed E-state index contributed by atoms with van der Waals surface area (Å²) in [4.78, 5) is 16.0. The van der Waals surface area contributed by atoms with Gasteiger partial charge in [-0.15, -0.1) is 0 Å². The van der Waals surface area contributed by atoms with Crippen molar-refractivity contribution in [2.24, 2.45) is 0 Å². The van der Waals surface area contributed by atoms with Crippen LogP contribution in [-0.2, 0) is 0 Å². The van der Waals surface area contributed by atoms with Gasteiger partial charge < -0.3 is 14.7 Å². The van der Waals surface area contributed by atoms with Crippen molar-refractivity contribution in [3.63, 3.8) is 0 Å². The minimum atomic E-state index is -0.897. The lowest BCUT2D eigenvalue weighted by atomic mass is 10.0. The first kappa shape index (κ1) is 15.6. The van der Waals surface area contributed by atoms with E-state index in [1.54, 1.807) is 19.2 Å². The largest absolute Gasteiger partial charge is 0.497 e. The molecule has 0 aromatic heterocycles. The second kappa shape index (κ2) is 5.93. The minimum absolute atomic E-state index is 0.149. The van der Waals surface area contributed by atoms with Crippen LogP contribution in [-0.4, -0.2) is 54.8 Å². The van der Waals surface area contributed by atoms with Gasteiger partial charge in [0.05, 0.1) is 18.4 Å². The van der Waals surface area contributed by atoms with Crippen molar-refractivity contribution in [3.05, 3.63) is 23.8 Å². The zero-order chi connectivity index (χ0) is 15.6. The molecule has 0 saturated carbocycles. The Hall–Kier alpha value is -1.75. The second-order valence-corrected chi connectivity index (χ2v) is 6.33. The number of benzene rings is 1. The Kier molecular flexibility index (Phi) is 4.42. The van der Waals surface area contributed by atoms with Crippen molar-refractivity contribution >= 4 is 11.7 Å². The van der Waals surface area contributed by atoms with Gasteiger partial charge in [-0.2, -0.15) is 0 Å². The molecule has 1 fully saturated rings. The van der Waals surface area contributed by atoms with Crippen LogP contribution in [0.25, 0.3) is 0 Å². The third-order valence-electron chi connectivity index (χ3n) is 4.00. The summed E-state index contributed by atoms with van der Waals surface area (Å²) in [5.41, 5.74) is 1.23. The molecule has 1 heterocycles. The number of nitrogens with zero attached hydrogens (tertiary/aromatic N) is 2. The minimum Gasteiger partial charge on any atom is -0.497 e. The van der Waals surface area contributed by atoms with Crippen molar-refractivity contribution in [1.82, 2.24) is 4.90 Å². The van der Waals surface area contributed by atoms with Crippen molar-refractivity contribution in [2.75, 3.05) is 38.2 Å². The van der Waals surface area contributed by atoms with E-state index in [0.717, 1.165) is 31.9 Å². The summed E-state index contributed by atoms with van der Waals surface area (Å²) >= 11 is 0. The first-order valence-corrected chi connectivity index (χ1v) is 7.24. The Morgan fingerprint density at radius 3 is 2.29 bits per heavy atom. The lowest BCUT2D eigenvalue weighted by molar-refractivity contribution is 0.0696. The summed E-state index contributed by atoms with van der Waals surface area (Å²) in [6.07, 6.45) is 0. The monoisotopic (exact) mass is 292 g/mol. The fraction of sp³-hybridized carbons (Fsp3) is 0.562. The Labute approximate surface area is 126 Å². The van der Waals surface area contributed by atoms with Gasteiger partial charge in [0.25, 0.3) is 0 Å². The summed E-state index contributed by atoms with van der Waals surface area (Å²) in [6, 6.07) is 5.13. The van der Waals surface area contributed by atoms with Crippen molar-refractivity contribution in [1.29, 1.82) is 0 Å². The normalized spacial score (nSPS) is 16.9. The number of carboxylic acids is 1. The fourth-order valence-corrected chi connectivity index (χ4v) is 2.70. The number of methoxy groups -OCH3 is 1. The highest BCUT2D eigenvalue weighted by Gasteiger charge is 2.27. The van der Waals surface area contributed by atoms with Gasteiger partial charge >= 0.3 is 5.97 Å². The number of aromatic carboxylic acids is 1. The van der Waals surface area contributed by atoms with Gasteiger partial charge in [-0.05, 0) is 32.9 Å². The van der Waals surface area contributed by atoms with E-state index < -0.39 is 5.97 Å². The molecule has 1 saturated heterocycles. The van der Waals surface area contributed by atoms with Gasteiger partial charge in [0.2, 0.25) is 0 Å². The second-order valence-electron chi connectivity index (χ2n) is 6.33. The van der Waals surface area contributed by atoms with E-state index >= 15 is 0 Å². The molecule has 0 unspecified atom stereocenters. The van der Waals surface area contributed by atoms with Crippen LogP contribution in [0, 0.1) is 0 Å². The molecular formula is C16H24N2O3. The lowest BCUT2D eigenvalue weighted by Crippen LogP contribution is -2.53. The molecule has 1 aromatic carbocycles. The van der Waals surface area contributed by atoms with Crippen LogP contribution in [0.5, 0.6) is 5.75 Å². The van der Waals surface area contributed by atoms with Crippen molar-refractivity contribution in [2.45, 2.75) is 26.3 Å². The molecule has 1 aliphatic rings. The van der Waals surface area contributed by atoms with Gasteiger partial charge in [-0.1, -0.05) is 0 Å². The van der Waals surface area contributed by atoms with Crippen LogP contribution in [0.15, 0.2) is 18.2 Å². The highest BCUT2D eigenvalue weighted by molar-refractivity contribution is 5.94. The summed E-state index contributed by atoms with van der Waals surface area (Å²) in [7, 11) is 1.59. The molecule has 1 aliphatic heterocycles. The Balaban J connectivity index is 2.21. The van der Waals surface area contributed by atoms with Crippen LogP contribution in [0.1, 0.15) is 31.1 Å². The molecule has 5 nitrogen and oxygen atoms in total. The molecule has 1 aromatic rings. The predicted molar refractivity (Wildman–Crippen MR) is 83.5 cm³/mol. The molecule has 2 rings (SSSR count). The van der Waals surface area contributed by atoms with Gasteiger partial charge in [0.15, 0.2) is 0 Å². The van der Waals surface area contributed by atoms with Gasteiger partial charge in [-0.25, -0.2) is 4.79 Å². The summed E-state index contributed by atoms with van der Waals surface area (Å²) < 4.78 is 5.23. The number of anilines is 1. The van der Waals surface area contributed by atoms with Crippen molar-refractivity contribution < 1.29 is 14.6 Å². The highest BCUT2D eigenvalue weighted by Crippen LogP contribution is 2.28. The highest BCUT2D eigenvalue weighted by atomic mass is 16.5. The molecular weight excluding hydrogens is 268 g/mol. The number of ether oxygens (including phenoxy) is 1. The smallest absolute Gasteiger partial charge is 0.337 e. The summed E-state index contributed by atoms with van der Waals surface area (Å²) in [5, 5.41) is 9.36. The van der Waals surface area contributed by atoms with Crippen LogP contribution < -0.4 is 9.64 Å². The summed E-state index contributed by atoms with van der Waals surface area (Å²) in [6.45, 7) is 10.1. The maximum Gasteiger partial charge on any atom is 0.337 e. The number of hydrogen-bond acceptors (Lipinski definition) is 4. The number of piperazine rings is 1. The molecule has 5 heteroatoms. The maximum atomic E-state index is 11.4. The molecule has 0 bridgehead atoms. The van der Waals surface area contributed by atoms with E-state index in [4.69, 9.17) is 4.74 Å². The zero-order valence-electron chi connectivity index (χ0n) is 13.2. The van der Waals surface area contributed by atoms with Crippen LogP contribution >= 0.6 is 0 Å². The van der Waals surface area contributed by atoms with Crippen LogP contribution in [0.2, 0.25) is 0 Å². The first-order chi connectivity index (χ1) is 9.82.